The number of esters is 1. The second-order valence-electron chi connectivity index (χ2n) is 6.98. The third-order valence-corrected chi connectivity index (χ3v) is 3.83. The number of rotatable bonds is 7. The van der Waals surface area contributed by atoms with Crippen molar-refractivity contribution in [3.8, 4) is 0 Å². The summed E-state index contributed by atoms with van der Waals surface area (Å²) in [5, 5.41) is 9.29. The highest BCUT2D eigenvalue weighted by Crippen LogP contribution is 2.30. The van der Waals surface area contributed by atoms with Crippen molar-refractivity contribution in [2.45, 2.75) is 51.2 Å². The predicted molar refractivity (Wildman–Crippen MR) is 78.1 cm³/mol. The van der Waals surface area contributed by atoms with Crippen molar-refractivity contribution >= 4 is 11.9 Å². The summed E-state index contributed by atoms with van der Waals surface area (Å²) in [4.78, 5) is 25.2. The van der Waals surface area contributed by atoms with E-state index in [1.54, 1.807) is 20.8 Å². The zero-order chi connectivity index (χ0) is 16.3. The van der Waals surface area contributed by atoms with E-state index < -0.39 is 23.5 Å². The minimum Gasteiger partial charge on any atom is -0.481 e. The number of ether oxygens (including phenoxy) is 2. The van der Waals surface area contributed by atoms with Gasteiger partial charge < -0.3 is 14.6 Å². The van der Waals surface area contributed by atoms with Gasteiger partial charge in [-0.3, -0.25) is 14.5 Å². The molecule has 0 aromatic rings. The van der Waals surface area contributed by atoms with Gasteiger partial charge in [0.2, 0.25) is 0 Å². The molecule has 1 saturated heterocycles. The van der Waals surface area contributed by atoms with E-state index in [9.17, 15) is 14.7 Å². The van der Waals surface area contributed by atoms with Gasteiger partial charge in [0.15, 0.2) is 0 Å². The summed E-state index contributed by atoms with van der Waals surface area (Å²) >= 11 is 0. The third-order valence-electron chi connectivity index (χ3n) is 3.83. The Hall–Kier alpha value is -1.14. The molecule has 1 aliphatic rings. The van der Waals surface area contributed by atoms with Crippen molar-refractivity contribution in [1.29, 1.82) is 0 Å². The van der Waals surface area contributed by atoms with Crippen molar-refractivity contribution in [2.24, 2.45) is 5.92 Å². The summed E-state index contributed by atoms with van der Waals surface area (Å²) < 4.78 is 10.5. The zero-order valence-electron chi connectivity index (χ0n) is 13.6. The van der Waals surface area contributed by atoms with E-state index in [2.05, 4.69) is 4.90 Å². The lowest BCUT2D eigenvalue weighted by Crippen LogP contribution is -2.59. The van der Waals surface area contributed by atoms with Crippen LogP contribution in [0.5, 0.6) is 0 Å². The zero-order valence-corrected chi connectivity index (χ0v) is 13.6. The van der Waals surface area contributed by atoms with Crippen LogP contribution < -0.4 is 0 Å². The van der Waals surface area contributed by atoms with E-state index in [4.69, 9.17) is 9.47 Å². The molecule has 0 aromatic heterocycles. The molecule has 0 saturated carbocycles. The fraction of sp³-hybridized carbons (Fsp3) is 0.867. The molecule has 1 fully saturated rings. The Balaban J connectivity index is 2.54. The molecule has 1 heterocycles. The normalized spacial score (nSPS) is 19.0. The van der Waals surface area contributed by atoms with Crippen LogP contribution in [0.15, 0.2) is 0 Å². The van der Waals surface area contributed by atoms with Crippen molar-refractivity contribution in [2.75, 3.05) is 27.3 Å². The van der Waals surface area contributed by atoms with Crippen LogP contribution in [0.2, 0.25) is 0 Å². The van der Waals surface area contributed by atoms with Crippen LogP contribution in [0, 0.1) is 5.92 Å². The van der Waals surface area contributed by atoms with Crippen LogP contribution >= 0.6 is 0 Å². The van der Waals surface area contributed by atoms with Crippen molar-refractivity contribution < 1.29 is 24.2 Å². The molecule has 1 atom stereocenters. The maximum absolute atomic E-state index is 11.8. The molecule has 1 N–H and O–H groups in total. The summed E-state index contributed by atoms with van der Waals surface area (Å²) in [6.07, 6.45) is 1.05. The highest BCUT2D eigenvalue weighted by molar-refractivity contribution is 5.78. The number of carboxylic acid groups (broad SMARTS) is 1. The van der Waals surface area contributed by atoms with E-state index >= 15 is 0 Å². The summed E-state index contributed by atoms with van der Waals surface area (Å²) in [6, 6.07) is 0. The fourth-order valence-corrected chi connectivity index (χ4v) is 2.30. The Bertz CT molecular complexity index is 382. The molecule has 6 nitrogen and oxygen atoms in total. The molecule has 0 aromatic carbocycles. The average Bonchev–Trinajstić information content (AvgIpc) is 2.22. The van der Waals surface area contributed by atoms with E-state index in [1.807, 2.05) is 14.1 Å². The molecule has 122 valence electrons. The number of carbonyl (C=O) groups excluding carboxylic acids is 1. The van der Waals surface area contributed by atoms with Gasteiger partial charge in [-0.25, -0.2) is 0 Å². The molecule has 1 unspecified atom stereocenters. The predicted octanol–water partition coefficient (Wildman–Crippen LogP) is 1.53. The minimum absolute atomic E-state index is 0.0863. The lowest BCUT2D eigenvalue weighted by Gasteiger charge is -2.47. The fourth-order valence-electron chi connectivity index (χ4n) is 2.30. The first kappa shape index (κ1) is 17.9. The van der Waals surface area contributed by atoms with E-state index in [1.165, 1.54) is 0 Å². The Labute approximate surface area is 126 Å². The first-order chi connectivity index (χ1) is 9.56. The van der Waals surface area contributed by atoms with Crippen LogP contribution in [-0.2, 0) is 19.1 Å². The molecule has 0 spiro atoms. The van der Waals surface area contributed by atoms with Gasteiger partial charge >= 0.3 is 11.9 Å². The molecule has 0 aliphatic carbocycles. The van der Waals surface area contributed by atoms with E-state index in [-0.39, 0.29) is 12.0 Å². The van der Waals surface area contributed by atoms with Crippen LogP contribution in [0.3, 0.4) is 0 Å². The van der Waals surface area contributed by atoms with Crippen LogP contribution in [0.25, 0.3) is 0 Å². The van der Waals surface area contributed by atoms with Crippen molar-refractivity contribution in [1.82, 2.24) is 4.90 Å². The second kappa shape index (κ2) is 6.75. The number of hydrogen-bond acceptors (Lipinski definition) is 5. The van der Waals surface area contributed by atoms with Gasteiger partial charge in [0.1, 0.15) is 5.60 Å². The first-order valence-corrected chi connectivity index (χ1v) is 7.25. The van der Waals surface area contributed by atoms with Crippen LogP contribution in [0.4, 0.5) is 0 Å². The smallest absolute Gasteiger partial charge is 0.307 e. The maximum atomic E-state index is 11.8. The van der Waals surface area contributed by atoms with Crippen LogP contribution in [0.1, 0.15) is 40.0 Å². The molecule has 0 radical (unpaired) electrons. The van der Waals surface area contributed by atoms with Gasteiger partial charge in [-0.15, -0.1) is 0 Å². The van der Waals surface area contributed by atoms with Gasteiger partial charge in [0.25, 0.3) is 0 Å². The molecule has 1 aliphatic heterocycles. The summed E-state index contributed by atoms with van der Waals surface area (Å²) in [5.74, 6) is -2.12. The second-order valence-corrected chi connectivity index (χ2v) is 6.98. The first-order valence-electron chi connectivity index (χ1n) is 7.25. The Morgan fingerprint density at radius 1 is 1.33 bits per heavy atom. The summed E-state index contributed by atoms with van der Waals surface area (Å²) in [7, 11) is 3.93. The Morgan fingerprint density at radius 2 is 1.90 bits per heavy atom. The standard InChI is InChI=1S/C15H27NO5/c1-14(2,3)21-12(17)8-11(13(18)19)6-7-15(16(4)5)9-20-10-15/h11H,6-10H2,1-5H3,(H,18,19). The molecular weight excluding hydrogens is 274 g/mol. The number of likely N-dealkylation sites (N-methyl/N-ethyl adjacent to an activating group) is 1. The van der Waals surface area contributed by atoms with Gasteiger partial charge in [-0.1, -0.05) is 0 Å². The summed E-state index contributed by atoms with van der Waals surface area (Å²) in [5.41, 5.74) is -0.686. The summed E-state index contributed by atoms with van der Waals surface area (Å²) in [6.45, 7) is 6.53. The van der Waals surface area contributed by atoms with Crippen LogP contribution in [-0.4, -0.2) is 60.4 Å². The molecule has 21 heavy (non-hydrogen) atoms. The third kappa shape index (κ3) is 5.28. The number of carboxylic acids is 1. The van der Waals surface area contributed by atoms with E-state index in [0.29, 0.717) is 26.1 Å². The largest absolute Gasteiger partial charge is 0.481 e. The van der Waals surface area contributed by atoms with Gasteiger partial charge in [0, 0.05) is 0 Å². The monoisotopic (exact) mass is 301 g/mol. The minimum atomic E-state index is -0.949. The number of aliphatic carboxylic acids is 1. The van der Waals surface area contributed by atoms with E-state index in [0.717, 1.165) is 0 Å². The topological polar surface area (TPSA) is 76.1 Å². The Morgan fingerprint density at radius 3 is 2.24 bits per heavy atom. The average molecular weight is 301 g/mol. The number of hydrogen-bond donors (Lipinski definition) is 1. The SMILES string of the molecule is CN(C)C1(CCC(CC(=O)OC(C)(C)C)C(=O)O)COC1. The molecular formula is C15H27NO5. The lowest BCUT2D eigenvalue weighted by atomic mass is 9.85. The molecule has 6 heteroatoms. The van der Waals surface area contributed by atoms with Gasteiger partial charge in [-0.2, -0.15) is 0 Å². The highest BCUT2D eigenvalue weighted by atomic mass is 16.6. The Kier molecular flexibility index (Phi) is 5.75. The lowest BCUT2D eigenvalue weighted by molar-refractivity contribution is -0.161. The quantitative estimate of drug-likeness (QED) is 0.719. The van der Waals surface area contributed by atoms with Gasteiger partial charge in [0.05, 0.1) is 31.1 Å². The van der Waals surface area contributed by atoms with Gasteiger partial charge in [-0.05, 0) is 47.7 Å². The molecule has 0 bridgehead atoms. The number of nitrogens with zero attached hydrogens (tertiary/aromatic N) is 1. The molecule has 0 amide bonds. The van der Waals surface area contributed by atoms with Crippen molar-refractivity contribution in [3.63, 3.8) is 0 Å². The molecule has 1 rings (SSSR count). The highest BCUT2D eigenvalue weighted by Gasteiger charge is 2.41. The van der Waals surface area contributed by atoms with Crippen molar-refractivity contribution in [3.05, 3.63) is 0 Å². The maximum Gasteiger partial charge on any atom is 0.307 e. The number of carbonyl (C=O) groups is 2.